The van der Waals surface area contributed by atoms with Gasteiger partial charge in [0.2, 0.25) is 5.91 Å². The molecule has 0 heterocycles. The smallest absolute Gasteiger partial charge is 0.237 e. The van der Waals surface area contributed by atoms with Gasteiger partial charge in [-0.1, -0.05) is 6.07 Å². The van der Waals surface area contributed by atoms with Crippen LogP contribution in [0, 0.1) is 11.6 Å². The number of carbonyl (C=O) groups is 1. The van der Waals surface area contributed by atoms with Crippen LogP contribution in [0.5, 0.6) is 0 Å². The molecular weight excluding hydrogens is 226 g/mol. The van der Waals surface area contributed by atoms with Gasteiger partial charge in [-0.05, 0) is 38.6 Å². The topological polar surface area (TPSA) is 41.1 Å². The van der Waals surface area contributed by atoms with Crippen LogP contribution in [0.2, 0.25) is 0 Å². The Labute approximate surface area is 99.2 Å². The molecule has 0 radical (unpaired) electrons. The van der Waals surface area contributed by atoms with E-state index in [1.54, 1.807) is 20.9 Å². The first-order valence-electron chi connectivity index (χ1n) is 5.38. The van der Waals surface area contributed by atoms with E-state index < -0.39 is 11.6 Å². The minimum atomic E-state index is -0.912. The molecule has 0 spiro atoms. The number of benzene rings is 1. The fraction of sp³-hybridized carbons (Fsp3) is 0.417. The second-order valence-electron chi connectivity index (χ2n) is 3.91. The summed E-state index contributed by atoms with van der Waals surface area (Å²) < 4.78 is 25.7. The van der Waals surface area contributed by atoms with Crippen LogP contribution in [0.15, 0.2) is 18.2 Å². The molecule has 2 N–H and O–H groups in total. The van der Waals surface area contributed by atoms with Crippen LogP contribution in [0.1, 0.15) is 25.5 Å². The molecule has 1 aromatic carbocycles. The van der Waals surface area contributed by atoms with Gasteiger partial charge in [-0.25, -0.2) is 8.78 Å². The van der Waals surface area contributed by atoms with Crippen molar-refractivity contribution in [2.24, 2.45) is 0 Å². The van der Waals surface area contributed by atoms with E-state index in [2.05, 4.69) is 10.6 Å². The highest BCUT2D eigenvalue weighted by Crippen LogP contribution is 2.15. The average Bonchev–Trinajstić information content (AvgIpc) is 2.31. The molecule has 0 fully saturated rings. The number of amides is 1. The van der Waals surface area contributed by atoms with Crippen LogP contribution in [-0.4, -0.2) is 19.0 Å². The van der Waals surface area contributed by atoms with Gasteiger partial charge in [0.15, 0.2) is 11.6 Å². The predicted octanol–water partition coefficient (Wildman–Crippen LogP) is 1.75. The fourth-order valence-corrected chi connectivity index (χ4v) is 1.33. The first kappa shape index (κ1) is 13.6. The Balaban J connectivity index is 2.73. The van der Waals surface area contributed by atoms with Gasteiger partial charge in [-0.15, -0.1) is 0 Å². The van der Waals surface area contributed by atoms with Crippen molar-refractivity contribution in [2.45, 2.75) is 25.9 Å². The van der Waals surface area contributed by atoms with Crippen LogP contribution in [-0.2, 0) is 4.79 Å². The zero-order valence-corrected chi connectivity index (χ0v) is 10.1. The minimum Gasteiger partial charge on any atom is -0.348 e. The van der Waals surface area contributed by atoms with Crippen LogP contribution < -0.4 is 10.6 Å². The molecule has 1 amide bonds. The Hall–Kier alpha value is -1.49. The van der Waals surface area contributed by atoms with E-state index in [1.807, 2.05) is 0 Å². The first-order chi connectivity index (χ1) is 7.95. The minimum absolute atomic E-state index is 0.190. The van der Waals surface area contributed by atoms with Crippen LogP contribution in [0.4, 0.5) is 8.78 Å². The second-order valence-corrected chi connectivity index (χ2v) is 3.91. The van der Waals surface area contributed by atoms with Crippen LogP contribution in [0.25, 0.3) is 0 Å². The number of rotatable bonds is 4. The van der Waals surface area contributed by atoms with Crippen molar-refractivity contribution in [1.29, 1.82) is 0 Å². The zero-order valence-electron chi connectivity index (χ0n) is 10.1. The Morgan fingerprint density at radius 2 is 1.88 bits per heavy atom. The molecule has 2 atom stereocenters. The average molecular weight is 242 g/mol. The Morgan fingerprint density at radius 1 is 1.24 bits per heavy atom. The summed E-state index contributed by atoms with van der Waals surface area (Å²) >= 11 is 0. The highest BCUT2D eigenvalue weighted by Gasteiger charge is 2.15. The molecule has 5 heteroatoms. The predicted molar refractivity (Wildman–Crippen MR) is 61.4 cm³/mol. The number of hydrogen-bond acceptors (Lipinski definition) is 2. The second kappa shape index (κ2) is 5.72. The van der Waals surface area contributed by atoms with E-state index in [1.165, 1.54) is 6.07 Å². The molecule has 0 aliphatic heterocycles. The maximum absolute atomic E-state index is 13.0. The van der Waals surface area contributed by atoms with Gasteiger partial charge in [-0.2, -0.15) is 0 Å². The van der Waals surface area contributed by atoms with E-state index >= 15 is 0 Å². The molecule has 0 bridgehead atoms. The summed E-state index contributed by atoms with van der Waals surface area (Å²) in [6.07, 6.45) is 0. The fourth-order valence-electron chi connectivity index (χ4n) is 1.33. The van der Waals surface area contributed by atoms with E-state index in [9.17, 15) is 13.6 Å². The van der Waals surface area contributed by atoms with E-state index in [-0.39, 0.29) is 18.0 Å². The van der Waals surface area contributed by atoms with Gasteiger partial charge in [0.05, 0.1) is 12.1 Å². The summed E-state index contributed by atoms with van der Waals surface area (Å²) in [6.45, 7) is 3.43. The Kier molecular flexibility index (Phi) is 4.57. The molecule has 2 unspecified atom stereocenters. The van der Waals surface area contributed by atoms with Gasteiger partial charge in [0.1, 0.15) is 0 Å². The number of hydrogen-bond donors (Lipinski definition) is 2. The molecular formula is C12H16F2N2O. The first-order valence-corrected chi connectivity index (χ1v) is 5.38. The lowest BCUT2D eigenvalue weighted by atomic mass is 10.1. The molecule has 0 saturated heterocycles. The van der Waals surface area contributed by atoms with Crippen molar-refractivity contribution in [2.75, 3.05) is 7.05 Å². The number of carbonyl (C=O) groups excluding carboxylic acids is 1. The number of nitrogens with one attached hydrogen (secondary N) is 2. The maximum Gasteiger partial charge on any atom is 0.237 e. The van der Waals surface area contributed by atoms with Gasteiger partial charge in [0.25, 0.3) is 0 Å². The van der Waals surface area contributed by atoms with Crippen LogP contribution in [0.3, 0.4) is 0 Å². The summed E-state index contributed by atoms with van der Waals surface area (Å²) in [5.41, 5.74) is 0.528. The molecule has 0 aliphatic rings. The highest BCUT2D eigenvalue weighted by molar-refractivity contribution is 5.81. The van der Waals surface area contributed by atoms with Gasteiger partial charge >= 0.3 is 0 Å². The third-order valence-electron chi connectivity index (χ3n) is 2.63. The largest absolute Gasteiger partial charge is 0.348 e. The van der Waals surface area contributed by atoms with Crippen molar-refractivity contribution in [3.63, 3.8) is 0 Å². The Bertz CT molecular complexity index is 409. The number of halogens is 2. The molecule has 17 heavy (non-hydrogen) atoms. The van der Waals surface area contributed by atoms with E-state index in [0.717, 1.165) is 12.1 Å². The van der Waals surface area contributed by atoms with Gasteiger partial charge < -0.3 is 10.6 Å². The summed E-state index contributed by atoms with van der Waals surface area (Å²) in [5.74, 6) is -1.99. The molecule has 1 aromatic rings. The molecule has 1 rings (SSSR count). The lowest BCUT2D eigenvalue weighted by Crippen LogP contribution is -2.41. The van der Waals surface area contributed by atoms with Crippen molar-refractivity contribution < 1.29 is 13.6 Å². The van der Waals surface area contributed by atoms with Crippen molar-refractivity contribution in [1.82, 2.24) is 10.6 Å². The lowest BCUT2D eigenvalue weighted by molar-refractivity contribution is -0.123. The summed E-state index contributed by atoms with van der Waals surface area (Å²) in [4.78, 5) is 11.6. The van der Waals surface area contributed by atoms with E-state index in [0.29, 0.717) is 5.56 Å². The molecule has 0 aliphatic carbocycles. The molecule has 3 nitrogen and oxygen atoms in total. The summed E-state index contributed by atoms with van der Waals surface area (Å²) in [5, 5.41) is 5.50. The third kappa shape index (κ3) is 3.49. The molecule has 94 valence electrons. The van der Waals surface area contributed by atoms with Crippen molar-refractivity contribution in [3.8, 4) is 0 Å². The quantitative estimate of drug-likeness (QED) is 0.844. The van der Waals surface area contributed by atoms with Gasteiger partial charge in [0, 0.05) is 0 Å². The van der Waals surface area contributed by atoms with Crippen molar-refractivity contribution in [3.05, 3.63) is 35.4 Å². The third-order valence-corrected chi connectivity index (χ3v) is 2.63. The maximum atomic E-state index is 13.0. The summed E-state index contributed by atoms with van der Waals surface area (Å²) in [7, 11) is 1.67. The highest BCUT2D eigenvalue weighted by atomic mass is 19.2. The molecule has 0 saturated carbocycles. The SMILES string of the molecule is CNC(C)C(=O)NC(C)c1ccc(F)c(F)c1. The van der Waals surface area contributed by atoms with Crippen LogP contribution >= 0.6 is 0 Å². The standard InChI is InChI=1S/C12H16F2N2O/c1-7(16-12(17)8(2)15-3)9-4-5-10(13)11(14)6-9/h4-8,15H,1-3H3,(H,16,17). The lowest BCUT2D eigenvalue weighted by Gasteiger charge is -2.17. The summed E-state index contributed by atoms with van der Waals surface area (Å²) in [6, 6.07) is 2.89. The normalized spacial score (nSPS) is 14.2. The number of likely N-dealkylation sites (N-methyl/N-ethyl adjacent to an activating group) is 1. The zero-order chi connectivity index (χ0) is 13.0. The van der Waals surface area contributed by atoms with E-state index in [4.69, 9.17) is 0 Å². The monoisotopic (exact) mass is 242 g/mol. The Morgan fingerprint density at radius 3 is 2.41 bits per heavy atom. The van der Waals surface area contributed by atoms with Crippen molar-refractivity contribution >= 4 is 5.91 Å². The molecule has 0 aromatic heterocycles. The van der Waals surface area contributed by atoms with Gasteiger partial charge in [-0.3, -0.25) is 4.79 Å².